The number of benzene rings is 1. The van der Waals surface area contributed by atoms with Gasteiger partial charge in [-0.15, -0.1) is 0 Å². The second kappa shape index (κ2) is 6.83. The molecule has 1 aromatic heterocycles. The number of aryl methyl sites for hydroxylation is 2. The van der Waals surface area contributed by atoms with Crippen molar-refractivity contribution in [3.05, 3.63) is 59.0 Å². The van der Waals surface area contributed by atoms with Gasteiger partial charge in [0, 0.05) is 11.8 Å². The molecule has 0 aliphatic carbocycles. The van der Waals surface area contributed by atoms with Gasteiger partial charge in [0.05, 0.1) is 12.0 Å². The van der Waals surface area contributed by atoms with Gasteiger partial charge in [0.15, 0.2) is 0 Å². The van der Waals surface area contributed by atoms with Crippen molar-refractivity contribution in [3.8, 4) is 0 Å². The summed E-state index contributed by atoms with van der Waals surface area (Å²) >= 11 is 1.90. The fourth-order valence-electron chi connectivity index (χ4n) is 2.14. The Bertz CT molecular complexity index is 507. The van der Waals surface area contributed by atoms with Crippen molar-refractivity contribution in [1.82, 2.24) is 5.32 Å². The lowest BCUT2D eigenvalue weighted by molar-refractivity contribution is 0.530. The third kappa shape index (κ3) is 3.88. The molecule has 1 unspecified atom stereocenters. The molecule has 0 fully saturated rings. The third-order valence-corrected chi connectivity index (χ3v) is 4.33. The quantitative estimate of drug-likeness (QED) is 0.859. The minimum atomic E-state index is 0.389. The zero-order chi connectivity index (χ0) is 13.7. The molecule has 19 heavy (non-hydrogen) atoms. The van der Waals surface area contributed by atoms with Crippen LogP contribution in [0.25, 0.3) is 0 Å². The van der Waals surface area contributed by atoms with Crippen LogP contribution in [-0.4, -0.2) is 12.8 Å². The monoisotopic (exact) mass is 275 g/mol. The third-order valence-electron chi connectivity index (χ3n) is 3.27. The first-order valence-electron chi connectivity index (χ1n) is 6.55. The molecule has 2 aromatic rings. The molecular weight excluding hydrogens is 254 g/mol. The van der Waals surface area contributed by atoms with Crippen LogP contribution < -0.4 is 5.32 Å². The van der Waals surface area contributed by atoms with Crippen molar-refractivity contribution in [2.45, 2.75) is 25.6 Å². The first-order valence-corrected chi connectivity index (χ1v) is 7.70. The van der Waals surface area contributed by atoms with E-state index in [2.05, 4.69) is 37.4 Å². The van der Waals surface area contributed by atoms with E-state index in [4.69, 9.17) is 4.42 Å². The Labute approximate surface area is 119 Å². The van der Waals surface area contributed by atoms with Crippen LogP contribution >= 0.6 is 11.8 Å². The van der Waals surface area contributed by atoms with Crippen molar-refractivity contribution in [2.24, 2.45) is 0 Å². The molecule has 1 atom stereocenters. The van der Waals surface area contributed by atoms with Crippen LogP contribution in [0, 0.1) is 13.8 Å². The summed E-state index contributed by atoms with van der Waals surface area (Å²) in [5.41, 5.74) is 4.06. The summed E-state index contributed by atoms with van der Waals surface area (Å²) in [6, 6.07) is 11.0. The van der Waals surface area contributed by atoms with Crippen LogP contribution in [0.15, 0.2) is 41.0 Å². The molecule has 1 N–H and O–H groups in total. The van der Waals surface area contributed by atoms with Gasteiger partial charge in [-0.3, -0.25) is 0 Å². The van der Waals surface area contributed by atoms with Crippen LogP contribution in [0.5, 0.6) is 0 Å². The molecule has 0 saturated carbocycles. The van der Waals surface area contributed by atoms with Gasteiger partial charge in [-0.05, 0) is 44.2 Å². The molecule has 2 nitrogen and oxygen atoms in total. The highest BCUT2D eigenvalue weighted by Gasteiger charge is 2.12. The first-order chi connectivity index (χ1) is 9.20. The summed E-state index contributed by atoms with van der Waals surface area (Å²) in [4.78, 5) is 0. The number of hydrogen-bond donors (Lipinski definition) is 1. The van der Waals surface area contributed by atoms with Gasteiger partial charge in [-0.2, -0.15) is 11.8 Å². The van der Waals surface area contributed by atoms with Gasteiger partial charge >= 0.3 is 0 Å². The van der Waals surface area contributed by atoms with Crippen molar-refractivity contribution in [3.63, 3.8) is 0 Å². The van der Waals surface area contributed by atoms with Crippen molar-refractivity contribution in [2.75, 3.05) is 12.8 Å². The maximum absolute atomic E-state index is 5.36. The molecule has 0 saturated heterocycles. The standard InChI is InChI=1S/C16H21NOS/c1-12-6-7-13(2)15(9-12)16(17-3)11-19-10-14-5-4-8-18-14/h4-9,16-17H,10-11H2,1-3H3. The fraction of sp³-hybridized carbons (Fsp3) is 0.375. The predicted octanol–water partition coefficient (Wildman–Crippen LogP) is 4.09. The highest BCUT2D eigenvalue weighted by atomic mass is 32.2. The average molecular weight is 275 g/mol. The maximum atomic E-state index is 5.36. The van der Waals surface area contributed by atoms with Crippen LogP contribution in [0.1, 0.15) is 28.5 Å². The Morgan fingerprint density at radius 2 is 2.11 bits per heavy atom. The molecule has 0 bridgehead atoms. The van der Waals surface area contributed by atoms with E-state index < -0.39 is 0 Å². The second-order valence-electron chi connectivity index (χ2n) is 4.80. The summed E-state index contributed by atoms with van der Waals surface area (Å²) in [5.74, 6) is 3.01. The Morgan fingerprint density at radius 1 is 1.26 bits per heavy atom. The first kappa shape index (κ1) is 14.2. The van der Waals surface area contributed by atoms with Crippen molar-refractivity contribution < 1.29 is 4.42 Å². The van der Waals surface area contributed by atoms with E-state index in [0.29, 0.717) is 6.04 Å². The number of nitrogens with one attached hydrogen (secondary N) is 1. The van der Waals surface area contributed by atoms with Gasteiger partial charge in [0.1, 0.15) is 5.76 Å². The molecule has 0 amide bonds. The number of rotatable bonds is 6. The molecular formula is C16H21NOS. The smallest absolute Gasteiger partial charge is 0.113 e. The topological polar surface area (TPSA) is 25.2 Å². The molecule has 0 radical (unpaired) electrons. The second-order valence-corrected chi connectivity index (χ2v) is 5.83. The molecule has 0 aliphatic rings. The van der Waals surface area contributed by atoms with Crippen molar-refractivity contribution in [1.29, 1.82) is 0 Å². The summed E-state index contributed by atoms with van der Waals surface area (Å²) in [6.45, 7) is 4.32. The van der Waals surface area contributed by atoms with E-state index in [1.54, 1.807) is 6.26 Å². The van der Waals surface area contributed by atoms with Crippen LogP contribution in [0.3, 0.4) is 0 Å². The lowest BCUT2D eigenvalue weighted by Crippen LogP contribution is -2.20. The van der Waals surface area contributed by atoms with Crippen LogP contribution in [0.2, 0.25) is 0 Å². The zero-order valence-corrected chi connectivity index (χ0v) is 12.6. The minimum Gasteiger partial charge on any atom is -0.468 e. The molecule has 2 rings (SSSR count). The molecule has 0 spiro atoms. The Morgan fingerprint density at radius 3 is 2.79 bits per heavy atom. The Kier molecular flexibility index (Phi) is 5.11. The van der Waals surface area contributed by atoms with Gasteiger partial charge < -0.3 is 9.73 Å². The highest BCUT2D eigenvalue weighted by Crippen LogP contribution is 2.24. The van der Waals surface area contributed by atoms with Gasteiger partial charge in [0.2, 0.25) is 0 Å². The van der Waals surface area contributed by atoms with Gasteiger partial charge in [-0.25, -0.2) is 0 Å². The van der Waals surface area contributed by atoms with Gasteiger partial charge in [0.25, 0.3) is 0 Å². The van der Waals surface area contributed by atoms with E-state index in [-0.39, 0.29) is 0 Å². The summed E-state index contributed by atoms with van der Waals surface area (Å²) < 4.78 is 5.36. The summed E-state index contributed by atoms with van der Waals surface area (Å²) in [7, 11) is 2.03. The molecule has 1 aromatic carbocycles. The van der Waals surface area contributed by atoms with Crippen molar-refractivity contribution >= 4 is 11.8 Å². The highest BCUT2D eigenvalue weighted by molar-refractivity contribution is 7.98. The molecule has 102 valence electrons. The average Bonchev–Trinajstić information content (AvgIpc) is 2.91. The predicted molar refractivity (Wildman–Crippen MR) is 82.6 cm³/mol. The lowest BCUT2D eigenvalue weighted by Gasteiger charge is -2.19. The fourth-order valence-corrected chi connectivity index (χ4v) is 3.20. The minimum absolute atomic E-state index is 0.389. The number of hydrogen-bond acceptors (Lipinski definition) is 3. The number of thioether (sulfide) groups is 1. The number of furan rings is 1. The van der Waals surface area contributed by atoms with E-state index in [9.17, 15) is 0 Å². The Hall–Kier alpha value is -1.19. The van der Waals surface area contributed by atoms with Crippen LogP contribution in [0.4, 0.5) is 0 Å². The van der Waals surface area contributed by atoms with E-state index in [1.165, 1.54) is 16.7 Å². The normalized spacial score (nSPS) is 12.6. The summed E-state index contributed by atoms with van der Waals surface area (Å²) in [5, 5.41) is 3.42. The Balaban J connectivity index is 1.97. The van der Waals surface area contributed by atoms with E-state index in [0.717, 1.165) is 17.3 Å². The zero-order valence-electron chi connectivity index (χ0n) is 11.8. The van der Waals surface area contributed by atoms with E-state index >= 15 is 0 Å². The van der Waals surface area contributed by atoms with Gasteiger partial charge in [-0.1, -0.05) is 23.8 Å². The largest absolute Gasteiger partial charge is 0.468 e. The SMILES string of the molecule is CNC(CSCc1ccco1)c1cc(C)ccc1C. The summed E-state index contributed by atoms with van der Waals surface area (Å²) in [6.07, 6.45) is 1.73. The molecule has 1 heterocycles. The lowest BCUT2D eigenvalue weighted by atomic mass is 10.0. The molecule has 0 aliphatic heterocycles. The maximum Gasteiger partial charge on any atom is 0.113 e. The molecule has 3 heteroatoms. The van der Waals surface area contributed by atoms with E-state index in [1.807, 2.05) is 30.9 Å². The van der Waals surface area contributed by atoms with Crippen LogP contribution in [-0.2, 0) is 5.75 Å².